The fourth-order valence-corrected chi connectivity index (χ4v) is 1.47. The number of aryl methyl sites for hydroxylation is 1. The molecule has 0 fully saturated rings. The van der Waals surface area contributed by atoms with Crippen LogP contribution in [0.1, 0.15) is 5.56 Å². The molecule has 0 saturated carbocycles. The van der Waals surface area contributed by atoms with Gasteiger partial charge in [-0.05, 0) is 23.7 Å². The summed E-state index contributed by atoms with van der Waals surface area (Å²) in [6, 6.07) is 6.78. The van der Waals surface area contributed by atoms with Crippen LogP contribution in [-0.4, -0.2) is 4.98 Å². The Kier molecular flexibility index (Phi) is 3.09. The van der Waals surface area contributed by atoms with Crippen LogP contribution in [-0.2, 0) is 0 Å². The van der Waals surface area contributed by atoms with Crippen molar-refractivity contribution in [2.24, 2.45) is 5.18 Å². The fourth-order valence-electron chi connectivity index (χ4n) is 1.47. The summed E-state index contributed by atoms with van der Waals surface area (Å²) in [6.45, 7) is 1.87. The van der Waals surface area contributed by atoms with Crippen LogP contribution in [0.15, 0.2) is 35.6 Å². The number of rotatable bonds is 3. The maximum absolute atomic E-state index is 10.7. The molecule has 0 aliphatic carbocycles. The smallest absolute Gasteiger partial charge is 0.192 e. The molecule has 0 unspecified atom stereocenters. The number of anilines is 2. The molecule has 6 nitrogen and oxygen atoms in total. The third kappa shape index (κ3) is 2.22. The maximum Gasteiger partial charge on any atom is 0.192 e. The van der Waals surface area contributed by atoms with Gasteiger partial charge >= 0.3 is 0 Å². The summed E-state index contributed by atoms with van der Waals surface area (Å²) in [5.74, 6) is 0.834. The second-order valence-corrected chi connectivity index (χ2v) is 3.76. The van der Waals surface area contributed by atoms with Gasteiger partial charge in [-0.25, -0.2) is 4.98 Å². The van der Waals surface area contributed by atoms with E-state index in [1.54, 1.807) is 12.1 Å². The lowest BCUT2D eigenvalue weighted by molar-refractivity contribution is 0.480. The molecule has 0 aliphatic rings. The van der Waals surface area contributed by atoms with Crippen molar-refractivity contribution in [3.05, 3.63) is 40.9 Å². The van der Waals surface area contributed by atoms with Gasteiger partial charge in [0.05, 0.1) is 0 Å². The van der Waals surface area contributed by atoms with Crippen LogP contribution in [0.25, 0.3) is 0 Å². The molecule has 2 rings (SSSR count). The normalized spacial score (nSPS) is 10.1. The number of ether oxygens (including phenoxy) is 1. The molecular formula is C12H12N4O2. The van der Waals surface area contributed by atoms with Gasteiger partial charge in [0.1, 0.15) is 5.75 Å². The Morgan fingerprint density at radius 2 is 2.00 bits per heavy atom. The van der Waals surface area contributed by atoms with E-state index in [-0.39, 0.29) is 17.3 Å². The summed E-state index contributed by atoms with van der Waals surface area (Å²) in [4.78, 5) is 14.5. The summed E-state index contributed by atoms with van der Waals surface area (Å²) < 4.78 is 5.60. The molecule has 0 radical (unpaired) electrons. The Hall–Kier alpha value is -2.63. The van der Waals surface area contributed by atoms with E-state index in [4.69, 9.17) is 16.2 Å². The Labute approximate surface area is 104 Å². The first-order valence-electron chi connectivity index (χ1n) is 5.23. The Morgan fingerprint density at radius 3 is 2.72 bits per heavy atom. The van der Waals surface area contributed by atoms with Gasteiger partial charge in [-0.2, -0.15) is 0 Å². The molecule has 1 aromatic carbocycles. The van der Waals surface area contributed by atoms with Crippen molar-refractivity contribution in [3.63, 3.8) is 0 Å². The Morgan fingerprint density at radius 1 is 1.22 bits per heavy atom. The van der Waals surface area contributed by atoms with Crippen molar-refractivity contribution < 1.29 is 4.74 Å². The number of aromatic nitrogens is 1. The van der Waals surface area contributed by atoms with Crippen LogP contribution in [0.3, 0.4) is 0 Å². The predicted molar refractivity (Wildman–Crippen MR) is 69.8 cm³/mol. The number of hydrogen-bond acceptors (Lipinski definition) is 6. The fraction of sp³-hybridized carbons (Fsp3) is 0.0833. The van der Waals surface area contributed by atoms with Crippen molar-refractivity contribution >= 4 is 17.2 Å². The first kappa shape index (κ1) is 11.8. The first-order valence-corrected chi connectivity index (χ1v) is 5.23. The third-order valence-electron chi connectivity index (χ3n) is 2.44. The quantitative estimate of drug-likeness (QED) is 0.638. The van der Waals surface area contributed by atoms with Gasteiger partial charge in [0.15, 0.2) is 17.3 Å². The Bertz CT molecular complexity index is 599. The highest BCUT2D eigenvalue weighted by molar-refractivity contribution is 5.66. The average molecular weight is 244 g/mol. The molecule has 1 heterocycles. The molecule has 1 aromatic heterocycles. The highest BCUT2D eigenvalue weighted by Gasteiger charge is 2.11. The highest BCUT2D eigenvalue weighted by atomic mass is 16.5. The standard InChI is InChI=1S/C12H12N4O2/c1-7-2-3-8(13)6-10(7)18-9-4-5-15-12(14)11(9)16-17/h2-6H,13H2,1H3,(H2,14,15). The van der Waals surface area contributed by atoms with Crippen LogP contribution in [0.5, 0.6) is 11.5 Å². The number of pyridine rings is 1. The van der Waals surface area contributed by atoms with E-state index >= 15 is 0 Å². The minimum atomic E-state index is -0.0145. The van der Waals surface area contributed by atoms with Crippen LogP contribution < -0.4 is 16.2 Å². The monoisotopic (exact) mass is 244 g/mol. The zero-order valence-electron chi connectivity index (χ0n) is 9.75. The van der Waals surface area contributed by atoms with Crippen LogP contribution >= 0.6 is 0 Å². The second kappa shape index (κ2) is 4.70. The van der Waals surface area contributed by atoms with E-state index in [2.05, 4.69) is 10.2 Å². The van der Waals surface area contributed by atoms with E-state index < -0.39 is 0 Å². The van der Waals surface area contributed by atoms with Crippen molar-refractivity contribution in [2.75, 3.05) is 11.5 Å². The van der Waals surface area contributed by atoms with Crippen molar-refractivity contribution in [2.45, 2.75) is 6.92 Å². The lowest BCUT2D eigenvalue weighted by atomic mass is 10.2. The number of hydrogen-bond donors (Lipinski definition) is 2. The summed E-state index contributed by atoms with van der Waals surface area (Å²) in [5.41, 5.74) is 12.7. The summed E-state index contributed by atoms with van der Waals surface area (Å²) in [7, 11) is 0. The van der Waals surface area contributed by atoms with Gasteiger partial charge in [0.2, 0.25) is 0 Å². The number of nitroso groups, excluding NO2 is 1. The molecule has 0 saturated heterocycles. The number of benzene rings is 1. The van der Waals surface area contributed by atoms with Crippen LogP contribution in [0.4, 0.5) is 17.2 Å². The topological polar surface area (TPSA) is 104 Å². The van der Waals surface area contributed by atoms with E-state index in [0.29, 0.717) is 11.4 Å². The van der Waals surface area contributed by atoms with E-state index in [0.717, 1.165) is 5.56 Å². The SMILES string of the molecule is Cc1ccc(N)cc1Oc1ccnc(N)c1N=O. The molecule has 0 atom stereocenters. The van der Waals surface area contributed by atoms with Gasteiger partial charge in [-0.3, -0.25) is 0 Å². The lowest BCUT2D eigenvalue weighted by Crippen LogP contribution is -1.94. The van der Waals surface area contributed by atoms with Gasteiger partial charge in [-0.15, -0.1) is 4.91 Å². The number of nitrogen functional groups attached to an aromatic ring is 2. The van der Waals surface area contributed by atoms with Gasteiger partial charge in [0, 0.05) is 24.0 Å². The second-order valence-electron chi connectivity index (χ2n) is 3.76. The highest BCUT2D eigenvalue weighted by Crippen LogP contribution is 2.36. The molecule has 6 heteroatoms. The number of nitrogens with two attached hydrogens (primary N) is 2. The first-order chi connectivity index (χ1) is 8.61. The van der Waals surface area contributed by atoms with E-state index in [9.17, 15) is 4.91 Å². The molecule has 18 heavy (non-hydrogen) atoms. The van der Waals surface area contributed by atoms with Crippen LogP contribution in [0.2, 0.25) is 0 Å². The molecule has 0 bridgehead atoms. The maximum atomic E-state index is 10.7. The zero-order chi connectivity index (χ0) is 13.1. The minimum Gasteiger partial charge on any atom is -0.454 e. The van der Waals surface area contributed by atoms with E-state index in [1.807, 2.05) is 13.0 Å². The molecular weight excluding hydrogens is 232 g/mol. The lowest BCUT2D eigenvalue weighted by Gasteiger charge is -2.10. The molecule has 0 spiro atoms. The van der Waals surface area contributed by atoms with Gasteiger partial charge in [-0.1, -0.05) is 6.07 Å². The molecule has 0 aliphatic heterocycles. The predicted octanol–water partition coefficient (Wildman–Crippen LogP) is 2.74. The van der Waals surface area contributed by atoms with Gasteiger partial charge < -0.3 is 16.2 Å². The van der Waals surface area contributed by atoms with Crippen molar-refractivity contribution in [1.82, 2.24) is 4.98 Å². The third-order valence-corrected chi connectivity index (χ3v) is 2.44. The summed E-state index contributed by atoms with van der Waals surface area (Å²) in [5, 5.41) is 2.82. The van der Waals surface area contributed by atoms with Crippen LogP contribution in [0, 0.1) is 11.8 Å². The zero-order valence-corrected chi connectivity index (χ0v) is 9.75. The average Bonchev–Trinajstić information content (AvgIpc) is 2.34. The molecule has 4 N–H and O–H groups in total. The molecule has 2 aromatic rings. The van der Waals surface area contributed by atoms with E-state index in [1.165, 1.54) is 12.3 Å². The largest absolute Gasteiger partial charge is 0.454 e. The Balaban J connectivity index is 2.43. The van der Waals surface area contributed by atoms with Crippen molar-refractivity contribution in [3.8, 4) is 11.5 Å². The molecule has 92 valence electrons. The number of nitrogens with zero attached hydrogens (tertiary/aromatic N) is 2. The van der Waals surface area contributed by atoms with Crippen molar-refractivity contribution in [1.29, 1.82) is 0 Å². The minimum absolute atomic E-state index is 0.0145. The molecule has 0 amide bonds. The summed E-state index contributed by atoms with van der Waals surface area (Å²) >= 11 is 0. The van der Waals surface area contributed by atoms with Gasteiger partial charge in [0.25, 0.3) is 0 Å². The summed E-state index contributed by atoms with van der Waals surface area (Å²) in [6.07, 6.45) is 1.45.